The van der Waals surface area contributed by atoms with Crippen LogP contribution in [0.3, 0.4) is 0 Å². The van der Waals surface area contributed by atoms with Gasteiger partial charge in [0.2, 0.25) is 11.8 Å². The Bertz CT molecular complexity index is 1190. The lowest BCUT2D eigenvalue weighted by Gasteiger charge is -2.08. The summed E-state index contributed by atoms with van der Waals surface area (Å²) in [6, 6.07) is 21.1. The summed E-state index contributed by atoms with van der Waals surface area (Å²) in [5, 5.41) is 13.8. The van der Waals surface area contributed by atoms with Crippen LogP contribution in [-0.2, 0) is 4.79 Å². The number of carbonyl (C=O) groups is 1. The number of non-ortho nitro benzene ring substituents is 1. The number of benzene rings is 3. The van der Waals surface area contributed by atoms with Gasteiger partial charge < -0.3 is 9.73 Å². The van der Waals surface area contributed by atoms with Gasteiger partial charge in [0.1, 0.15) is 5.52 Å². The number of hydrogen-bond donors (Lipinski definition) is 1. The lowest BCUT2D eigenvalue weighted by molar-refractivity contribution is -0.384. The quantitative estimate of drug-likeness (QED) is 0.271. The molecule has 144 valence electrons. The van der Waals surface area contributed by atoms with Gasteiger partial charge in [0.15, 0.2) is 5.58 Å². The highest BCUT2D eigenvalue weighted by molar-refractivity contribution is 8.00. The molecule has 7 nitrogen and oxygen atoms in total. The van der Waals surface area contributed by atoms with Crippen molar-refractivity contribution in [1.82, 2.24) is 4.98 Å². The van der Waals surface area contributed by atoms with Crippen molar-refractivity contribution >= 4 is 40.1 Å². The summed E-state index contributed by atoms with van der Waals surface area (Å²) in [6.07, 6.45) is 0. The molecule has 1 aromatic heterocycles. The van der Waals surface area contributed by atoms with Gasteiger partial charge in [-0.15, -0.1) is 11.8 Å². The average Bonchev–Trinajstić information content (AvgIpc) is 3.16. The van der Waals surface area contributed by atoms with E-state index in [1.54, 1.807) is 24.3 Å². The fourth-order valence-corrected chi connectivity index (χ4v) is 3.49. The highest BCUT2D eigenvalue weighted by atomic mass is 32.2. The van der Waals surface area contributed by atoms with Crippen molar-refractivity contribution in [3.8, 4) is 11.5 Å². The van der Waals surface area contributed by atoms with Crippen molar-refractivity contribution in [2.45, 2.75) is 4.90 Å². The zero-order valence-electron chi connectivity index (χ0n) is 15.1. The second kappa shape index (κ2) is 8.15. The van der Waals surface area contributed by atoms with E-state index < -0.39 is 4.92 Å². The number of rotatable bonds is 6. The topological polar surface area (TPSA) is 98.3 Å². The second-order valence-corrected chi connectivity index (χ2v) is 7.17. The van der Waals surface area contributed by atoms with Crippen LogP contribution in [0, 0.1) is 10.1 Å². The molecule has 0 spiro atoms. The minimum absolute atomic E-state index is 0.0697. The predicted octanol–water partition coefficient (Wildman–Crippen LogP) is 5.13. The number of nitro benzene ring substituents is 1. The molecule has 0 atom stereocenters. The van der Waals surface area contributed by atoms with Crippen molar-refractivity contribution in [2.75, 3.05) is 11.1 Å². The molecule has 0 radical (unpaired) electrons. The summed E-state index contributed by atoms with van der Waals surface area (Å²) in [5.41, 5.74) is 1.91. The molecule has 0 aliphatic carbocycles. The van der Waals surface area contributed by atoms with Crippen LogP contribution in [0.15, 0.2) is 82.1 Å². The Morgan fingerprint density at radius 3 is 2.62 bits per heavy atom. The molecule has 8 heteroatoms. The predicted molar refractivity (Wildman–Crippen MR) is 112 cm³/mol. The minimum atomic E-state index is -0.486. The summed E-state index contributed by atoms with van der Waals surface area (Å²) >= 11 is 1.44. The fraction of sp³-hybridized carbons (Fsp3) is 0.0476. The monoisotopic (exact) mass is 405 g/mol. The Hall–Kier alpha value is -3.65. The Kier molecular flexibility index (Phi) is 5.26. The highest BCUT2D eigenvalue weighted by Crippen LogP contribution is 2.31. The molecule has 0 unspecified atom stereocenters. The normalized spacial score (nSPS) is 10.8. The minimum Gasteiger partial charge on any atom is -0.436 e. The van der Waals surface area contributed by atoms with Crippen LogP contribution < -0.4 is 5.32 Å². The molecule has 4 rings (SSSR count). The van der Waals surface area contributed by atoms with E-state index in [0.717, 1.165) is 4.90 Å². The van der Waals surface area contributed by atoms with Crippen LogP contribution in [0.5, 0.6) is 0 Å². The van der Waals surface area contributed by atoms with Gasteiger partial charge in [-0.25, -0.2) is 4.98 Å². The molecular weight excluding hydrogens is 390 g/mol. The average molecular weight is 405 g/mol. The molecule has 0 saturated carbocycles. The molecule has 1 amide bonds. The first-order valence-electron chi connectivity index (χ1n) is 8.72. The fourth-order valence-electron chi connectivity index (χ4n) is 2.77. The van der Waals surface area contributed by atoms with Crippen molar-refractivity contribution in [3.05, 3.63) is 82.9 Å². The zero-order chi connectivity index (χ0) is 20.2. The highest BCUT2D eigenvalue weighted by Gasteiger charge is 2.16. The first kappa shape index (κ1) is 18.7. The third-order valence-corrected chi connectivity index (χ3v) is 5.14. The van der Waals surface area contributed by atoms with E-state index in [4.69, 9.17) is 4.42 Å². The van der Waals surface area contributed by atoms with Gasteiger partial charge in [0.05, 0.1) is 28.0 Å². The molecule has 0 fully saturated rings. The third-order valence-electron chi connectivity index (χ3n) is 4.13. The SMILES string of the molecule is O=C(CSc1ccccc1)Nc1ccccc1-c1nc2ccc([N+](=O)[O-])cc2o1. The van der Waals surface area contributed by atoms with Crippen LogP contribution in [0.2, 0.25) is 0 Å². The van der Waals surface area contributed by atoms with Gasteiger partial charge in [-0.2, -0.15) is 0 Å². The summed E-state index contributed by atoms with van der Waals surface area (Å²) in [5.74, 6) is 0.392. The number of nitrogens with one attached hydrogen (secondary N) is 1. The summed E-state index contributed by atoms with van der Waals surface area (Å²) in [4.78, 5) is 28.3. The first-order chi connectivity index (χ1) is 14.1. The maximum absolute atomic E-state index is 12.4. The zero-order valence-corrected chi connectivity index (χ0v) is 15.9. The lowest BCUT2D eigenvalue weighted by atomic mass is 10.2. The van der Waals surface area contributed by atoms with Gasteiger partial charge >= 0.3 is 0 Å². The van der Waals surface area contributed by atoms with Crippen LogP contribution in [0.1, 0.15) is 0 Å². The number of carbonyl (C=O) groups excluding carboxylic acids is 1. The molecule has 0 saturated heterocycles. The van der Waals surface area contributed by atoms with Crippen molar-refractivity contribution in [3.63, 3.8) is 0 Å². The lowest BCUT2D eigenvalue weighted by Crippen LogP contribution is -2.14. The number of para-hydroxylation sites is 1. The number of nitrogens with zero attached hydrogens (tertiary/aromatic N) is 2. The molecule has 29 heavy (non-hydrogen) atoms. The Morgan fingerprint density at radius 1 is 1.07 bits per heavy atom. The number of nitro groups is 1. The number of anilines is 1. The van der Waals surface area contributed by atoms with Crippen molar-refractivity contribution in [1.29, 1.82) is 0 Å². The third kappa shape index (κ3) is 4.27. The number of fused-ring (bicyclic) bond motifs is 1. The van der Waals surface area contributed by atoms with Crippen LogP contribution in [-0.4, -0.2) is 21.6 Å². The van der Waals surface area contributed by atoms with Gasteiger partial charge in [0.25, 0.3) is 5.69 Å². The van der Waals surface area contributed by atoms with Crippen LogP contribution in [0.25, 0.3) is 22.6 Å². The number of hydrogen-bond acceptors (Lipinski definition) is 6. The van der Waals surface area contributed by atoms with Crippen LogP contribution in [0.4, 0.5) is 11.4 Å². The molecule has 1 heterocycles. The van der Waals surface area contributed by atoms with Gasteiger partial charge in [0, 0.05) is 11.0 Å². The Morgan fingerprint density at radius 2 is 1.83 bits per heavy atom. The summed E-state index contributed by atoms with van der Waals surface area (Å²) in [6.45, 7) is 0. The molecule has 1 N–H and O–H groups in total. The maximum Gasteiger partial charge on any atom is 0.273 e. The first-order valence-corrected chi connectivity index (χ1v) is 9.71. The van der Waals surface area contributed by atoms with Gasteiger partial charge in [-0.3, -0.25) is 14.9 Å². The number of amides is 1. The van der Waals surface area contributed by atoms with Crippen LogP contribution >= 0.6 is 11.8 Å². The molecular formula is C21H15N3O4S. The molecule has 0 aliphatic rings. The largest absolute Gasteiger partial charge is 0.436 e. The van der Waals surface area contributed by atoms with E-state index in [-0.39, 0.29) is 23.2 Å². The van der Waals surface area contributed by atoms with E-state index >= 15 is 0 Å². The Balaban J connectivity index is 1.56. The standard InChI is InChI=1S/C21H15N3O4S/c25-20(13-29-15-6-2-1-3-7-15)22-17-9-5-4-8-16(17)21-23-18-11-10-14(24(26)27)12-19(18)28-21/h1-12H,13H2,(H,22,25). The van der Waals surface area contributed by atoms with Gasteiger partial charge in [-0.05, 0) is 30.3 Å². The number of thioether (sulfide) groups is 1. The molecule has 0 bridgehead atoms. The van der Waals surface area contributed by atoms with Crippen molar-refractivity contribution in [2.24, 2.45) is 0 Å². The smallest absolute Gasteiger partial charge is 0.273 e. The van der Waals surface area contributed by atoms with E-state index in [2.05, 4.69) is 10.3 Å². The summed E-state index contributed by atoms with van der Waals surface area (Å²) < 4.78 is 5.72. The van der Waals surface area contributed by atoms with E-state index in [0.29, 0.717) is 22.4 Å². The van der Waals surface area contributed by atoms with Gasteiger partial charge in [-0.1, -0.05) is 30.3 Å². The van der Waals surface area contributed by atoms with E-state index in [9.17, 15) is 14.9 Å². The maximum atomic E-state index is 12.4. The van der Waals surface area contributed by atoms with E-state index in [1.807, 2.05) is 30.3 Å². The Labute approximate surface area is 169 Å². The second-order valence-electron chi connectivity index (χ2n) is 6.12. The molecule has 3 aromatic carbocycles. The molecule has 4 aromatic rings. The van der Waals surface area contributed by atoms with E-state index in [1.165, 1.54) is 30.0 Å². The number of oxazole rings is 1. The number of aromatic nitrogens is 1. The molecule has 0 aliphatic heterocycles. The van der Waals surface area contributed by atoms with Crippen molar-refractivity contribution < 1.29 is 14.1 Å². The summed E-state index contributed by atoms with van der Waals surface area (Å²) in [7, 11) is 0.